The van der Waals surface area contributed by atoms with Crippen molar-refractivity contribution in [2.75, 3.05) is 13.1 Å². The van der Waals surface area contributed by atoms with Gasteiger partial charge in [0, 0.05) is 37.2 Å². The molecule has 0 saturated carbocycles. The zero-order chi connectivity index (χ0) is 16.4. The Labute approximate surface area is 141 Å². The van der Waals surface area contributed by atoms with E-state index < -0.39 is 0 Å². The van der Waals surface area contributed by atoms with E-state index in [2.05, 4.69) is 34.1 Å². The molecule has 2 aromatic heterocycles. The van der Waals surface area contributed by atoms with Gasteiger partial charge in [0.25, 0.3) is 5.91 Å². The summed E-state index contributed by atoms with van der Waals surface area (Å²) in [6, 6.07) is 18.6. The highest BCUT2D eigenvalue weighted by atomic mass is 16.2. The normalized spacial score (nSPS) is 15.6. The van der Waals surface area contributed by atoms with Gasteiger partial charge in [0.2, 0.25) is 0 Å². The molecule has 0 radical (unpaired) electrons. The third kappa shape index (κ3) is 2.87. The third-order valence-electron chi connectivity index (χ3n) is 4.80. The molecule has 1 fully saturated rings. The van der Waals surface area contributed by atoms with E-state index in [4.69, 9.17) is 0 Å². The lowest BCUT2D eigenvalue weighted by Crippen LogP contribution is -2.39. The van der Waals surface area contributed by atoms with Gasteiger partial charge in [-0.05, 0) is 42.7 Å². The Morgan fingerprint density at radius 1 is 0.917 bits per heavy atom. The van der Waals surface area contributed by atoms with Gasteiger partial charge in [0.05, 0.1) is 0 Å². The van der Waals surface area contributed by atoms with Crippen LogP contribution < -0.4 is 0 Å². The number of aromatic nitrogens is 2. The Morgan fingerprint density at radius 3 is 2.33 bits per heavy atom. The van der Waals surface area contributed by atoms with Crippen LogP contribution in [0.3, 0.4) is 0 Å². The number of piperidine rings is 1. The summed E-state index contributed by atoms with van der Waals surface area (Å²) in [6.07, 6.45) is 6.23. The maximum Gasteiger partial charge on any atom is 0.270 e. The van der Waals surface area contributed by atoms with Crippen molar-refractivity contribution in [1.29, 1.82) is 0 Å². The molecule has 1 aliphatic heterocycles. The average molecular weight is 319 g/mol. The number of rotatable bonds is 3. The predicted molar refractivity (Wildman–Crippen MR) is 94.8 cm³/mol. The van der Waals surface area contributed by atoms with Crippen molar-refractivity contribution in [3.8, 4) is 11.3 Å². The lowest BCUT2D eigenvalue weighted by Gasteiger charge is -2.32. The van der Waals surface area contributed by atoms with Crippen molar-refractivity contribution in [3.05, 3.63) is 72.7 Å². The second kappa shape index (κ2) is 6.40. The molecule has 1 saturated heterocycles. The molecule has 24 heavy (non-hydrogen) atoms. The highest BCUT2D eigenvalue weighted by Gasteiger charge is 2.24. The Bertz CT molecular complexity index is 797. The van der Waals surface area contributed by atoms with Crippen molar-refractivity contribution in [2.24, 2.45) is 0 Å². The zero-order valence-electron chi connectivity index (χ0n) is 13.6. The highest BCUT2D eigenvalue weighted by molar-refractivity contribution is 5.93. The number of H-pyrrole nitrogens is 1. The van der Waals surface area contributed by atoms with Crippen LogP contribution in [0.2, 0.25) is 0 Å². The van der Waals surface area contributed by atoms with E-state index in [1.807, 2.05) is 47.4 Å². The van der Waals surface area contributed by atoms with Crippen molar-refractivity contribution in [1.82, 2.24) is 14.5 Å². The minimum atomic E-state index is 0.100. The van der Waals surface area contributed by atoms with Crippen molar-refractivity contribution in [2.45, 2.75) is 18.9 Å². The van der Waals surface area contributed by atoms with Gasteiger partial charge in [-0.1, -0.05) is 30.3 Å². The van der Waals surface area contributed by atoms with Gasteiger partial charge in [-0.25, -0.2) is 0 Å². The Kier molecular flexibility index (Phi) is 3.95. The molecule has 1 aromatic carbocycles. The first-order valence-electron chi connectivity index (χ1n) is 8.47. The van der Waals surface area contributed by atoms with Crippen LogP contribution in [-0.2, 0) is 0 Å². The van der Waals surface area contributed by atoms with Crippen LogP contribution in [0, 0.1) is 0 Å². The lowest BCUT2D eigenvalue weighted by molar-refractivity contribution is 0.0689. The van der Waals surface area contributed by atoms with Gasteiger partial charge in [-0.2, -0.15) is 0 Å². The molecule has 3 aromatic rings. The number of hydrogen-bond donors (Lipinski definition) is 1. The lowest BCUT2D eigenvalue weighted by atomic mass is 10.0. The van der Waals surface area contributed by atoms with E-state index in [9.17, 15) is 4.79 Å². The number of nitrogens with one attached hydrogen (secondary N) is 1. The number of nitrogens with zero attached hydrogens (tertiary/aromatic N) is 2. The third-order valence-corrected chi connectivity index (χ3v) is 4.80. The van der Waals surface area contributed by atoms with E-state index in [0.29, 0.717) is 11.7 Å². The molecule has 1 amide bonds. The van der Waals surface area contributed by atoms with Gasteiger partial charge in [-0.15, -0.1) is 0 Å². The number of aromatic amines is 1. The standard InChI is InChI=1S/C20H21N3O/c24-20(19-9-8-18(21-19)16-6-2-1-3-7-16)23-14-10-17(11-15-23)22-12-4-5-13-22/h1-9,12-13,17,21H,10-11,14-15H2. The Morgan fingerprint density at radius 2 is 1.62 bits per heavy atom. The molecule has 0 unspecified atom stereocenters. The van der Waals surface area contributed by atoms with Crippen LogP contribution in [0.25, 0.3) is 11.3 Å². The molecule has 3 heterocycles. The maximum absolute atomic E-state index is 12.7. The van der Waals surface area contributed by atoms with Crippen LogP contribution >= 0.6 is 0 Å². The van der Waals surface area contributed by atoms with E-state index >= 15 is 0 Å². The predicted octanol–water partition coefficient (Wildman–Crippen LogP) is 3.96. The summed E-state index contributed by atoms with van der Waals surface area (Å²) in [6.45, 7) is 1.61. The summed E-state index contributed by atoms with van der Waals surface area (Å²) in [5.74, 6) is 0.100. The van der Waals surface area contributed by atoms with E-state index in [-0.39, 0.29) is 5.91 Å². The molecule has 0 aliphatic carbocycles. The summed E-state index contributed by atoms with van der Waals surface area (Å²) in [5.41, 5.74) is 2.76. The van der Waals surface area contributed by atoms with Crippen LogP contribution in [-0.4, -0.2) is 33.4 Å². The second-order valence-corrected chi connectivity index (χ2v) is 6.31. The van der Waals surface area contributed by atoms with E-state index in [1.54, 1.807) is 0 Å². The summed E-state index contributed by atoms with van der Waals surface area (Å²) in [7, 11) is 0. The molecule has 4 rings (SSSR count). The summed E-state index contributed by atoms with van der Waals surface area (Å²) >= 11 is 0. The Hall–Kier alpha value is -2.75. The molecule has 4 nitrogen and oxygen atoms in total. The summed E-state index contributed by atoms with van der Waals surface area (Å²) in [5, 5.41) is 0. The van der Waals surface area contributed by atoms with Gasteiger partial charge in [-0.3, -0.25) is 4.79 Å². The first kappa shape index (κ1) is 14.8. The first-order valence-corrected chi connectivity index (χ1v) is 8.47. The molecule has 4 heteroatoms. The molecular weight excluding hydrogens is 298 g/mol. The highest BCUT2D eigenvalue weighted by Crippen LogP contribution is 2.24. The van der Waals surface area contributed by atoms with Gasteiger partial charge in [0.15, 0.2) is 0 Å². The van der Waals surface area contributed by atoms with Crippen molar-refractivity contribution in [3.63, 3.8) is 0 Å². The zero-order valence-corrected chi connectivity index (χ0v) is 13.6. The number of carbonyl (C=O) groups is 1. The smallest absolute Gasteiger partial charge is 0.270 e. The number of carbonyl (C=O) groups excluding carboxylic acids is 1. The molecule has 0 spiro atoms. The number of hydrogen-bond acceptors (Lipinski definition) is 1. The largest absolute Gasteiger partial charge is 0.351 e. The molecule has 0 atom stereocenters. The van der Waals surface area contributed by atoms with Crippen molar-refractivity contribution >= 4 is 5.91 Å². The van der Waals surface area contributed by atoms with Gasteiger partial charge < -0.3 is 14.5 Å². The van der Waals surface area contributed by atoms with Crippen molar-refractivity contribution < 1.29 is 4.79 Å². The quantitative estimate of drug-likeness (QED) is 0.780. The summed E-state index contributed by atoms with van der Waals surface area (Å²) in [4.78, 5) is 18.0. The molecule has 0 bridgehead atoms. The fourth-order valence-corrected chi connectivity index (χ4v) is 3.43. The number of benzene rings is 1. The van der Waals surface area contributed by atoms with Gasteiger partial charge >= 0.3 is 0 Å². The molecule has 1 N–H and O–H groups in total. The van der Waals surface area contributed by atoms with Crippen LogP contribution in [0.15, 0.2) is 67.0 Å². The molecule has 1 aliphatic rings. The first-order chi connectivity index (χ1) is 11.8. The second-order valence-electron chi connectivity index (χ2n) is 6.31. The van der Waals surface area contributed by atoms with E-state index in [0.717, 1.165) is 37.2 Å². The van der Waals surface area contributed by atoms with Crippen LogP contribution in [0.1, 0.15) is 29.4 Å². The average Bonchev–Trinajstić information content (AvgIpc) is 3.34. The van der Waals surface area contributed by atoms with Gasteiger partial charge in [0.1, 0.15) is 5.69 Å². The monoisotopic (exact) mass is 319 g/mol. The molecule has 122 valence electrons. The van der Waals surface area contributed by atoms with E-state index in [1.165, 1.54) is 0 Å². The minimum absolute atomic E-state index is 0.100. The minimum Gasteiger partial charge on any atom is -0.351 e. The fourth-order valence-electron chi connectivity index (χ4n) is 3.43. The molecular formula is C20H21N3O. The number of likely N-dealkylation sites (tertiary alicyclic amines) is 1. The Balaban J connectivity index is 1.43. The summed E-state index contributed by atoms with van der Waals surface area (Å²) < 4.78 is 2.25. The van der Waals surface area contributed by atoms with Crippen LogP contribution in [0.4, 0.5) is 0 Å². The van der Waals surface area contributed by atoms with Crippen LogP contribution in [0.5, 0.6) is 0 Å². The fraction of sp³-hybridized carbons (Fsp3) is 0.250. The maximum atomic E-state index is 12.7. The number of amides is 1. The SMILES string of the molecule is O=C(c1ccc(-c2ccccc2)[nH]1)N1CCC(n2cccc2)CC1. The topological polar surface area (TPSA) is 41.0 Å².